The SMILES string of the molecule is Cn1cnnc1[C@H](F)C1(c2cccc(NC(=O)c3cc(CN4CCC5(CC5)C4)cc(C4CC4)n3)c2)COC1. The molecular weight excluding hydrogens is 483 g/mol. The molecule has 3 aromatic rings. The first-order chi connectivity index (χ1) is 18.4. The van der Waals surface area contributed by atoms with Crippen molar-refractivity contribution < 1.29 is 13.9 Å². The molecule has 0 bridgehead atoms. The molecule has 9 heteroatoms. The molecule has 2 saturated heterocycles. The van der Waals surface area contributed by atoms with Crippen LogP contribution in [0.3, 0.4) is 0 Å². The van der Waals surface area contributed by atoms with E-state index in [0.717, 1.165) is 49.3 Å². The number of rotatable bonds is 8. The van der Waals surface area contributed by atoms with E-state index < -0.39 is 11.6 Å². The Morgan fingerprint density at radius 1 is 1.21 bits per heavy atom. The molecular formula is C29H33FN6O2. The van der Waals surface area contributed by atoms with Gasteiger partial charge in [0, 0.05) is 37.4 Å². The Kier molecular flexibility index (Phi) is 5.63. The Hall–Kier alpha value is -3.17. The summed E-state index contributed by atoms with van der Waals surface area (Å²) in [6.45, 7) is 3.64. The van der Waals surface area contributed by atoms with Crippen molar-refractivity contribution in [1.29, 1.82) is 0 Å². The molecule has 4 aliphatic rings. The minimum atomic E-state index is -1.38. The van der Waals surface area contributed by atoms with Gasteiger partial charge in [0.05, 0.1) is 18.6 Å². The zero-order chi connectivity index (χ0) is 25.9. The maximum atomic E-state index is 15.8. The smallest absolute Gasteiger partial charge is 0.274 e. The van der Waals surface area contributed by atoms with Crippen LogP contribution in [-0.4, -0.2) is 56.9 Å². The topological polar surface area (TPSA) is 85.2 Å². The molecule has 4 heterocycles. The van der Waals surface area contributed by atoms with Crippen molar-refractivity contribution in [1.82, 2.24) is 24.6 Å². The Balaban J connectivity index is 1.11. The summed E-state index contributed by atoms with van der Waals surface area (Å²) in [4.78, 5) is 20.7. The molecule has 1 amide bonds. The predicted octanol–water partition coefficient (Wildman–Crippen LogP) is 4.30. The van der Waals surface area contributed by atoms with Crippen LogP contribution in [0.2, 0.25) is 0 Å². The number of carbonyl (C=O) groups excluding carboxylic acids is 1. The van der Waals surface area contributed by atoms with E-state index in [0.29, 0.717) is 22.7 Å². The first-order valence-corrected chi connectivity index (χ1v) is 13.6. The third-order valence-corrected chi connectivity index (χ3v) is 8.89. The summed E-state index contributed by atoms with van der Waals surface area (Å²) < 4.78 is 22.8. The Morgan fingerprint density at radius 3 is 2.71 bits per heavy atom. The van der Waals surface area contributed by atoms with Crippen molar-refractivity contribution in [2.24, 2.45) is 12.5 Å². The number of carbonyl (C=O) groups is 1. The number of aromatic nitrogens is 4. The molecule has 1 aromatic carbocycles. The number of likely N-dealkylation sites (tertiary alicyclic amines) is 1. The molecule has 198 valence electrons. The van der Waals surface area contributed by atoms with E-state index in [1.54, 1.807) is 11.6 Å². The van der Waals surface area contributed by atoms with E-state index in [4.69, 9.17) is 9.72 Å². The highest BCUT2D eigenvalue weighted by molar-refractivity contribution is 6.03. The van der Waals surface area contributed by atoms with Gasteiger partial charge in [0.2, 0.25) is 0 Å². The fraction of sp³-hybridized carbons (Fsp3) is 0.517. The van der Waals surface area contributed by atoms with Gasteiger partial charge in [0.25, 0.3) is 5.91 Å². The molecule has 1 spiro atoms. The number of hydrogen-bond acceptors (Lipinski definition) is 6. The van der Waals surface area contributed by atoms with E-state index in [2.05, 4.69) is 26.5 Å². The van der Waals surface area contributed by atoms with E-state index >= 15 is 4.39 Å². The molecule has 1 atom stereocenters. The highest BCUT2D eigenvalue weighted by Crippen LogP contribution is 2.53. The second-order valence-corrected chi connectivity index (χ2v) is 11.9. The lowest BCUT2D eigenvalue weighted by molar-refractivity contribution is -0.102. The van der Waals surface area contributed by atoms with Crippen LogP contribution in [0.25, 0.3) is 0 Å². The zero-order valence-corrected chi connectivity index (χ0v) is 21.7. The number of anilines is 1. The second kappa shape index (κ2) is 8.95. The lowest BCUT2D eigenvalue weighted by atomic mass is 9.74. The number of nitrogens with one attached hydrogen (secondary N) is 1. The number of benzene rings is 1. The van der Waals surface area contributed by atoms with Crippen molar-refractivity contribution in [2.75, 3.05) is 31.6 Å². The minimum Gasteiger partial charge on any atom is -0.379 e. The number of amides is 1. The number of nitrogens with zero attached hydrogens (tertiary/aromatic N) is 5. The number of aryl methyl sites for hydroxylation is 1. The quantitative estimate of drug-likeness (QED) is 0.481. The number of hydrogen-bond donors (Lipinski definition) is 1. The highest BCUT2D eigenvalue weighted by atomic mass is 19.1. The molecule has 0 radical (unpaired) electrons. The van der Waals surface area contributed by atoms with E-state index in [9.17, 15) is 4.79 Å². The number of alkyl halides is 1. The van der Waals surface area contributed by atoms with Crippen molar-refractivity contribution in [3.05, 3.63) is 71.1 Å². The van der Waals surface area contributed by atoms with Crippen LogP contribution >= 0.6 is 0 Å². The molecule has 2 saturated carbocycles. The zero-order valence-electron chi connectivity index (χ0n) is 21.7. The highest BCUT2D eigenvalue weighted by Gasteiger charge is 2.50. The maximum absolute atomic E-state index is 15.8. The maximum Gasteiger partial charge on any atom is 0.274 e. The van der Waals surface area contributed by atoms with E-state index in [1.807, 2.05) is 30.3 Å². The number of ether oxygens (including phenoxy) is 1. The van der Waals surface area contributed by atoms with Gasteiger partial charge in [-0.15, -0.1) is 10.2 Å². The molecule has 1 N–H and O–H groups in total. The largest absolute Gasteiger partial charge is 0.379 e. The Bertz CT molecular complexity index is 1380. The van der Waals surface area contributed by atoms with Crippen LogP contribution in [0.5, 0.6) is 0 Å². The van der Waals surface area contributed by atoms with E-state index in [1.165, 1.54) is 25.6 Å². The summed E-state index contributed by atoms with van der Waals surface area (Å²) >= 11 is 0. The molecule has 2 aliphatic carbocycles. The third-order valence-electron chi connectivity index (χ3n) is 8.89. The van der Waals surface area contributed by atoms with Gasteiger partial charge in [-0.2, -0.15) is 0 Å². The van der Waals surface area contributed by atoms with Gasteiger partial charge in [0.15, 0.2) is 12.0 Å². The van der Waals surface area contributed by atoms with Gasteiger partial charge in [0.1, 0.15) is 12.0 Å². The number of pyridine rings is 1. The normalized spacial score (nSPS) is 22.3. The Morgan fingerprint density at radius 2 is 2.05 bits per heavy atom. The van der Waals surface area contributed by atoms with Crippen LogP contribution in [0.1, 0.15) is 77.3 Å². The molecule has 4 fully saturated rings. The van der Waals surface area contributed by atoms with Crippen molar-refractivity contribution in [3.63, 3.8) is 0 Å². The Labute approximate surface area is 221 Å². The first kappa shape index (κ1) is 23.9. The predicted molar refractivity (Wildman–Crippen MR) is 140 cm³/mol. The van der Waals surface area contributed by atoms with Gasteiger partial charge in [-0.05, 0) is 79.5 Å². The first-order valence-electron chi connectivity index (χ1n) is 13.6. The molecule has 7 rings (SSSR count). The molecule has 0 unspecified atom stereocenters. The van der Waals surface area contributed by atoms with E-state index in [-0.39, 0.29) is 24.9 Å². The van der Waals surface area contributed by atoms with Gasteiger partial charge in [-0.3, -0.25) is 9.69 Å². The average Bonchev–Trinajstić information content (AvgIpc) is 3.78. The third kappa shape index (κ3) is 4.31. The van der Waals surface area contributed by atoms with Crippen molar-refractivity contribution in [2.45, 2.75) is 56.2 Å². The van der Waals surface area contributed by atoms with Crippen LogP contribution < -0.4 is 5.32 Å². The fourth-order valence-corrected chi connectivity index (χ4v) is 6.06. The second-order valence-electron chi connectivity index (χ2n) is 11.9. The summed E-state index contributed by atoms with van der Waals surface area (Å²) in [6.07, 6.45) is 6.38. The van der Waals surface area contributed by atoms with Gasteiger partial charge < -0.3 is 14.6 Å². The van der Waals surface area contributed by atoms with Crippen LogP contribution in [-0.2, 0) is 23.7 Å². The lowest BCUT2D eigenvalue weighted by Gasteiger charge is -2.43. The van der Waals surface area contributed by atoms with Crippen LogP contribution in [0.4, 0.5) is 10.1 Å². The van der Waals surface area contributed by atoms with Crippen molar-refractivity contribution >= 4 is 11.6 Å². The molecule has 38 heavy (non-hydrogen) atoms. The van der Waals surface area contributed by atoms with Crippen molar-refractivity contribution in [3.8, 4) is 0 Å². The summed E-state index contributed by atoms with van der Waals surface area (Å²) in [7, 11) is 1.73. The summed E-state index contributed by atoms with van der Waals surface area (Å²) in [5.74, 6) is 0.482. The van der Waals surface area contributed by atoms with Crippen LogP contribution in [0, 0.1) is 5.41 Å². The average molecular weight is 517 g/mol. The van der Waals surface area contributed by atoms with Gasteiger partial charge >= 0.3 is 0 Å². The van der Waals surface area contributed by atoms with Crippen LogP contribution in [0.15, 0.2) is 42.7 Å². The summed E-state index contributed by atoms with van der Waals surface area (Å²) in [5, 5.41) is 10.8. The minimum absolute atomic E-state index is 0.241. The lowest BCUT2D eigenvalue weighted by Crippen LogP contribution is -2.50. The summed E-state index contributed by atoms with van der Waals surface area (Å²) in [6, 6.07) is 11.5. The fourth-order valence-electron chi connectivity index (χ4n) is 6.06. The van der Waals surface area contributed by atoms with Gasteiger partial charge in [-0.25, -0.2) is 9.37 Å². The summed E-state index contributed by atoms with van der Waals surface area (Å²) in [5.41, 5.74) is 3.71. The molecule has 8 nitrogen and oxygen atoms in total. The molecule has 2 aromatic heterocycles. The number of halogens is 1. The van der Waals surface area contributed by atoms with Gasteiger partial charge in [-0.1, -0.05) is 12.1 Å². The monoisotopic (exact) mass is 516 g/mol. The molecule has 2 aliphatic heterocycles. The standard InChI is InChI=1S/C29H33FN6O2/c1-35-18-31-34-26(35)25(30)29(16-38-17-29)21-3-2-4-22(13-21)32-27(37)24-12-19(11-23(33-24)20-5-6-20)14-36-10-9-28(15-36)7-8-28/h2-4,11-13,18,20,25H,5-10,14-17H2,1H3,(H,32,37)/t25-/m0/s1.